The highest BCUT2D eigenvalue weighted by Crippen LogP contribution is 2.25. The minimum atomic E-state index is 0.121. The monoisotopic (exact) mass is 430 g/mol. The molecule has 0 bridgehead atoms. The van der Waals surface area contributed by atoms with Crippen LogP contribution >= 0.6 is 0 Å². The van der Waals surface area contributed by atoms with Crippen LogP contribution in [0.1, 0.15) is 29.5 Å². The van der Waals surface area contributed by atoms with Crippen molar-refractivity contribution in [2.45, 2.75) is 33.1 Å². The van der Waals surface area contributed by atoms with Gasteiger partial charge in [-0.05, 0) is 75.0 Å². The Kier molecular flexibility index (Phi) is 5.70. The van der Waals surface area contributed by atoms with Crippen LogP contribution in [0.15, 0.2) is 52.1 Å². The number of rotatable bonds is 6. The Labute approximate surface area is 187 Å². The number of hydrogen-bond donors (Lipinski definition) is 1. The van der Waals surface area contributed by atoms with Gasteiger partial charge in [-0.1, -0.05) is 6.07 Å². The molecule has 1 aliphatic heterocycles. The van der Waals surface area contributed by atoms with E-state index in [0.29, 0.717) is 11.0 Å². The first-order chi connectivity index (χ1) is 15.6. The summed E-state index contributed by atoms with van der Waals surface area (Å²) in [5.74, 6) is 0. The molecule has 2 aromatic heterocycles. The third-order valence-electron chi connectivity index (χ3n) is 6.77. The highest BCUT2D eigenvalue weighted by molar-refractivity contribution is 5.88. The van der Waals surface area contributed by atoms with Crippen LogP contribution in [0.2, 0.25) is 0 Å². The Morgan fingerprint density at radius 2 is 1.88 bits per heavy atom. The number of hydrogen-bond acceptors (Lipinski definition) is 5. The number of aromatic nitrogens is 2. The van der Waals surface area contributed by atoms with Gasteiger partial charge in [0.25, 0.3) is 0 Å². The summed E-state index contributed by atoms with van der Waals surface area (Å²) in [6, 6.07) is 10.2. The van der Waals surface area contributed by atoms with Crippen molar-refractivity contribution in [2.75, 3.05) is 37.6 Å². The quantitative estimate of drug-likeness (QED) is 0.459. The molecule has 2 aromatic carbocycles. The summed E-state index contributed by atoms with van der Waals surface area (Å²) >= 11 is 0. The summed E-state index contributed by atoms with van der Waals surface area (Å²) in [7, 11) is 0. The maximum absolute atomic E-state index is 12.8. The standard InChI is InChI=1S/C26H30N4O2/c1-18-14-21-24(15-19(18)2)32-16-20(26(21)31)6-3-4-9-29-10-12-30(13-11-29)23-8-5-7-22-25(23)28-17-27-22/h5,7-8,14-17H,3-4,6,9-13H2,1-2H3,(H,27,28). The molecule has 4 aromatic rings. The van der Waals surface area contributed by atoms with Gasteiger partial charge in [0.15, 0.2) is 5.43 Å². The molecule has 32 heavy (non-hydrogen) atoms. The molecule has 0 atom stereocenters. The van der Waals surface area contributed by atoms with Crippen molar-refractivity contribution in [3.05, 3.63) is 69.8 Å². The molecule has 1 aliphatic rings. The second-order valence-electron chi connectivity index (χ2n) is 8.88. The number of benzene rings is 2. The predicted molar refractivity (Wildman–Crippen MR) is 130 cm³/mol. The van der Waals surface area contributed by atoms with Gasteiger partial charge in [0.2, 0.25) is 0 Å². The maximum atomic E-state index is 12.8. The van der Waals surface area contributed by atoms with Crippen molar-refractivity contribution < 1.29 is 4.42 Å². The predicted octanol–water partition coefficient (Wildman–Crippen LogP) is 4.43. The molecule has 3 heterocycles. The lowest BCUT2D eigenvalue weighted by molar-refractivity contribution is 0.253. The Morgan fingerprint density at radius 1 is 1.06 bits per heavy atom. The normalized spacial score (nSPS) is 15.1. The minimum Gasteiger partial charge on any atom is -0.464 e. The van der Waals surface area contributed by atoms with E-state index >= 15 is 0 Å². The summed E-state index contributed by atoms with van der Waals surface area (Å²) in [6.45, 7) is 9.28. The number of aromatic amines is 1. The van der Waals surface area contributed by atoms with Crippen LogP contribution in [-0.4, -0.2) is 47.6 Å². The zero-order valence-corrected chi connectivity index (χ0v) is 18.9. The molecule has 6 nitrogen and oxygen atoms in total. The number of nitrogens with one attached hydrogen (secondary N) is 1. The van der Waals surface area contributed by atoms with Gasteiger partial charge >= 0.3 is 0 Å². The molecule has 0 aliphatic carbocycles. The zero-order valence-electron chi connectivity index (χ0n) is 18.9. The van der Waals surface area contributed by atoms with Crippen LogP contribution in [0.3, 0.4) is 0 Å². The van der Waals surface area contributed by atoms with Crippen molar-refractivity contribution in [2.24, 2.45) is 0 Å². The lowest BCUT2D eigenvalue weighted by Crippen LogP contribution is -2.46. The fourth-order valence-electron chi connectivity index (χ4n) is 4.67. The Balaban J connectivity index is 1.13. The van der Waals surface area contributed by atoms with Crippen LogP contribution in [0.5, 0.6) is 0 Å². The topological polar surface area (TPSA) is 65.4 Å². The second-order valence-corrected chi connectivity index (χ2v) is 8.88. The van der Waals surface area contributed by atoms with E-state index in [4.69, 9.17) is 4.42 Å². The van der Waals surface area contributed by atoms with E-state index in [9.17, 15) is 4.79 Å². The average Bonchev–Trinajstić information content (AvgIpc) is 3.29. The molecule has 6 heteroatoms. The SMILES string of the molecule is Cc1cc2occ(CCCCN3CCN(c4cccc5[nH]cnc45)CC3)c(=O)c2cc1C. The Morgan fingerprint density at radius 3 is 2.72 bits per heavy atom. The number of H-pyrrole nitrogens is 1. The molecule has 166 valence electrons. The van der Waals surface area contributed by atoms with Crippen LogP contribution < -0.4 is 10.3 Å². The van der Waals surface area contributed by atoms with Gasteiger partial charge in [-0.15, -0.1) is 0 Å². The van der Waals surface area contributed by atoms with E-state index in [1.165, 1.54) is 5.69 Å². The van der Waals surface area contributed by atoms with Crippen molar-refractivity contribution >= 4 is 27.7 Å². The van der Waals surface area contributed by atoms with E-state index in [2.05, 4.69) is 38.0 Å². The molecule has 0 saturated carbocycles. The van der Waals surface area contributed by atoms with E-state index in [0.717, 1.165) is 79.7 Å². The first-order valence-corrected chi connectivity index (χ1v) is 11.5. The van der Waals surface area contributed by atoms with E-state index in [-0.39, 0.29) is 5.43 Å². The molecule has 1 fully saturated rings. The molecular formula is C26H30N4O2. The number of imidazole rings is 1. The highest BCUT2D eigenvalue weighted by atomic mass is 16.3. The summed E-state index contributed by atoms with van der Waals surface area (Å²) in [5, 5.41) is 0.702. The number of fused-ring (bicyclic) bond motifs is 2. The lowest BCUT2D eigenvalue weighted by Gasteiger charge is -2.36. The minimum absolute atomic E-state index is 0.121. The van der Waals surface area contributed by atoms with E-state index in [1.807, 2.05) is 26.0 Å². The second kappa shape index (κ2) is 8.79. The van der Waals surface area contributed by atoms with Gasteiger partial charge in [0.1, 0.15) is 11.1 Å². The molecular weight excluding hydrogens is 400 g/mol. The molecule has 5 rings (SSSR count). The van der Waals surface area contributed by atoms with Crippen LogP contribution in [0.4, 0.5) is 5.69 Å². The molecule has 1 saturated heterocycles. The number of unbranched alkanes of at least 4 members (excludes halogenated alkanes) is 1. The molecule has 0 unspecified atom stereocenters. The summed E-state index contributed by atoms with van der Waals surface area (Å²) in [6.07, 6.45) is 6.27. The molecule has 0 spiro atoms. The van der Waals surface area contributed by atoms with Gasteiger partial charge < -0.3 is 14.3 Å². The largest absolute Gasteiger partial charge is 0.464 e. The van der Waals surface area contributed by atoms with Gasteiger partial charge in [-0.2, -0.15) is 0 Å². The van der Waals surface area contributed by atoms with Gasteiger partial charge in [0, 0.05) is 31.7 Å². The number of anilines is 1. The van der Waals surface area contributed by atoms with Crippen LogP contribution in [0, 0.1) is 13.8 Å². The fourth-order valence-corrected chi connectivity index (χ4v) is 4.67. The van der Waals surface area contributed by atoms with Gasteiger partial charge in [0.05, 0.1) is 29.2 Å². The summed E-state index contributed by atoms with van der Waals surface area (Å²) < 4.78 is 5.76. The van der Waals surface area contributed by atoms with Gasteiger partial charge in [-0.25, -0.2) is 4.98 Å². The third kappa shape index (κ3) is 4.02. The van der Waals surface area contributed by atoms with E-state index < -0.39 is 0 Å². The molecule has 1 N–H and O–H groups in total. The first kappa shape index (κ1) is 20.8. The zero-order chi connectivity index (χ0) is 22.1. The van der Waals surface area contributed by atoms with Crippen LogP contribution in [0.25, 0.3) is 22.0 Å². The number of para-hydroxylation sites is 1. The average molecular weight is 431 g/mol. The molecule has 0 radical (unpaired) electrons. The Hall–Kier alpha value is -3.12. The lowest BCUT2D eigenvalue weighted by atomic mass is 10.0. The van der Waals surface area contributed by atoms with Crippen molar-refractivity contribution in [1.29, 1.82) is 0 Å². The fraction of sp³-hybridized carbons (Fsp3) is 0.385. The van der Waals surface area contributed by atoms with Gasteiger partial charge in [-0.3, -0.25) is 9.69 Å². The van der Waals surface area contributed by atoms with Crippen molar-refractivity contribution in [3.63, 3.8) is 0 Å². The Bertz CT molecular complexity index is 1300. The number of nitrogens with zero attached hydrogens (tertiary/aromatic N) is 3. The summed E-state index contributed by atoms with van der Waals surface area (Å²) in [5.41, 5.74) is 7.24. The first-order valence-electron chi connectivity index (χ1n) is 11.5. The summed E-state index contributed by atoms with van der Waals surface area (Å²) in [4.78, 5) is 25.5. The van der Waals surface area contributed by atoms with E-state index in [1.54, 1.807) is 12.6 Å². The molecule has 0 amide bonds. The smallest absolute Gasteiger partial charge is 0.195 e. The van der Waals surface area contributed by atoms with Crippen molar-refractivity contribution in [1.82, 2.24) is 14.9 Å². The van der Waals surface area contributed by atoms with Crippen molar-refractivity contribution in [3.8, 4) is 0 Å². The van der Waals surface area contributed by atoms with Crippen LogP contribution in [-0.2, 0) is 6.42 Å². The highest BCUT2D eigenvalue weighted by Gasteiger charge is 2.19. The third-order valence-corrected chi connectivity index (χ3v) is 6.77. The number of piperazine rings is 1. The number of aryl methyl sites for hydroxylation is 3. The maximum Gasteiger partial charge on any atom is 0.195 e.